The summed E-state index contributed by atoms with van der Waals surface area (Å²) in [4.78, 5) is 23.9. The average Bonchev–Trinajstić information content (AvgIpc) is 3.03. The fourth-order valence-electron chi connectivity index (χ4n) is 1.88. The van der Waals surface area contributed by atoms with Gasteiger partial charge in [0, 0.05) is 11.6 Å². The second kappa shape index (κ2) is 9.34. The summed E-state index contributed by atoms with van der Waals surface area (Å²) in [5.41, 5.74) is 5.31. The molecule has 0 unspecified atom stereocenters. The van der Waals surface area contributed by atoms with Gasteiger partial charge in [-0.05, 0) is 78.1 Å². The number of ether oxygens (including phenoxy) is 1. The van der Waals surface area contributed by atoms with E-state index in [1.807, 2.05) is 6.92 Å². The first-order chi connectivity index (χ1) is 12.4. The zero-order chi connectivity index (χ0) is 19.1. The summed E-state index contributed by atoms with van der Waals surface area (Å²) in [6.07, 6.45) is 2.79. The van der Waals surface area contributed by atoms with Gasteiger partial charge in [0.05, 0.1) is 10.7 Å². The van der Waals surface area contributed by atoms with Crippen LogP contribution in [0.4, 0.5) is 0 Å². The summed E-state index contributed by atoms with van der Waals surface area (Å²) in [6, 6.07) is 8.52. The van der Waals surface area contributed by atoms with Crippen LogP contribution >= 0.6 is 34.8 Å². The molecule has 0 saturated carbocycles. The van der Waals surface area contributed by atoms with Crippen LogP contribution in [0.3, 0.4) is 0 Å². The van der Waals surface area contributed by atoms with Crippen molar-refractivity contribution < 1.29 is 18.7 Å². The summed E-state index contributed by atoms with van der Waals surface area (Å²) < 4.78 is 11.3. The first-order valence-electron chi connectivity index (χ1n) is 7.38. The summed E-state index contributed by atoms with van der Waals surface area (Å²) in [5.74, 6) is 1.13. The Morgan fingerprint density at radius 1 is 1.23 bits per heavy atom. The van der Waals surface area contributed by atoms with E-state index >= 15 is 0 Å². The quantitative estimate of drug-likeness (QED) is 0.267. The van der Waals surface area contributed by atoms with Crippen molar-refractivity contribution in [3.05, 3.63) is 57.1 Å². The molecule has 1 heterocycles. The van der Waals surface area contributed by atoms with Crippen molar-refractivity contribution in [3.8, 4) is 5.75 Å². The van der Waals surface area contributed by atoms with Gasteiger partial charge < -0.3 is 9.15 Å². The van der Waals surface area contributed by atoms with Crippen LogP contribution in [0.25, 0.3) is 6.08 Å². The number of amides is 2. The van der Waals surface area contributed by atoms with Gasteiger partial charge in [0.25, 0.3) is 5.91 Å². The van der Waals surface area contributed by atoms with E-state index in [1.165, 1.54) is 12.2 Å². The maximum absolute atomic E-state index is 12.1. The van der Waals surface area contributed by atoms with E-state index in [4.69, 9.17) is 21.4 Å². The number of methoxy groups -OCH3 is 1. The van der Waals surface area contributed by atoms with Crippen molar-refractivity contribution in [1.29, 1.82) is 0 Å². The standard InChI is InChI=1S/C17H16IN3O4S/c1-10-3-5-12(25-10)6-8-15(22)19-17(26)21-20-16(23)11-4-7-14(24-2)13(18)9-11/h3-9H,1-2H3,(H,20,23)(H2,19,21,22,26)/b8-6+. The molecule has 2 amide bonds. The second-order valence-corrected chi connectivity index (χ2v) is 6.60. The Morgan fingerprint density at radius 2 is 2.00 bits per heavy atom. The summed E-state index contributed by atoms with van der Waals surface area (Å²) in [5, 5.41) is 2.37. The maximum Gasteiger partial charge on any atom is 0.269 e. The first-order valence-corrected chi connectivity index (χ1v) is 8.87. The lowest BCUT2D eigenvalue weighted by molar-refractivity contribution is -0.115. The van der Waals surface area contributed by atoms with Crippen molar-refractivity contribution in [1.82, 2.24) is 16.2 Å². The summed E-state index contributed by atoms with van der Waals surface area (Å²) in [6.45, 7) is 1.81. The molecule has 26 heavy (non-hydrogen) atoms. The van der Waals surface area contributed by atoms with Gasteiger partial charge in [0.15, 0.2) is 5.11 Å². The number of carbonyl (C=O) groups excluding carboxylic acids is 2. The highest BCUT2D eigenvalue weighted by molar-refractivity contribution is 14.1. The number of thiocarbonyl (C=S) groups is 1. The van der Waals surface area contributed by atoms with Crippen molar-refractivity contribution in [2.45, 2.75) is 6.92 Å². The normalized spacial score (nSPS) is 10.4. The molecule has 0 bridgehead atoms. The Balaban J connectivity index is 1.82. The molecule has 3 N–H and O–H groups in total. The number of nitrogens with one attached hydrogen (secondary N) is 3. The Labute approximate surface area is 169 Å². The molecule has 2 aromatic rings. The molecular weight excluding hydrogens is 469 g/mol. The molecule has 7 nitrogen and oxygen atoms in total. The number of carbonyl (C=O) groups is 2. The molecule has 0 aliphatic carbocycles. The number of halogens is 1. The number of aryl methyl sites for hydroxylation is 1. The van der Waals surface area contributed by atoms with Gasteiger partial charge in [-0.15, -0.1) is 0 Å². The average molecular weight is 485 g/mol. The molecule has 9 heteroatoms. The fraction of sp³-hybridized carbons (Fsp3) is 0.118. The van der Waals surface area contributed by atoms with Crippen molar-refractivity contribution in [2.75, 3.05) is 7.11 Å². The van der Waals surface area contributed by atoms with Crippen LogP contribution in [0.15, 0.2) is 40.8 Å². The third-order valence-corrected chi connectivity index (χ3v) is 4.15. The van der Waals surface area contributed by atoms with Gasteiger partial charge in [0.2, 0.25) is 5.91 Å². The van der Waals surface area contributed by atoms with Crippen molar-refractivity contribution in [3.63, 3.8) is 0 Å². The minimum atomic E-state index is -0.454. The molecule has 136 valence electrons. The van der Waals surface area contributed by atoms with Crippen LogP contribution < -0.4 is 20.9 Å². The van der Waals surface area contributed by atoms with Crippen LogP contribution in [-0.2, 0) is 4.79 Å². The van der Waals surface area contributed by atoms with Crippen LogP contribution in [0.1, 0.15) is 21.9 Å². The Kier molecular flexibility index (Phi) is 7.16. The number of benzene rings is 1. The van der Waals surface area contributed by atoms with Crippen LogP contribution in [0, 0.1) is 10.5 Å². The molecule has 1 aromatic carbocycles. The predicted molar refractivity (Wildman–Crippen MR) is 110 cm³/mol. The van der Waals surface area contributed by atoms with E-state index in [0.717, 1.165) is 9.33 Å². The predicted octanol–water partition coefficient (Wildman–Crippen LogP) is 2.55. The maximum atomic E-state index is 12.1. The van der Waals surface area contributed by atoms with Crippen molar-refractivity contribution >= 4 is 57.8 Å². The lowest BCUT2D eigenvalue weighted by atomic mass is 10.2. The van der Waals surface area contributed by atoms with Crippen LogP contribution in [0.2, 0.25) is 0 Å². The minimum absolute atomic E-state index is 0.0353. The van der Waals surface area contributed by atoms with Gasteiger partial charge in [-0.3, -0.25) is 25.8 Å². The first kappa shape index (κ1) is 19.9. The number of rotatable bonds is 4. The molecule has 0 fully saturated rings. The molecule has 2 rings (SSSR count). The SMILES string of the molecule is COc1ccc(C(=O)NNC(=S)NC(=O)/C=C/c2ccc(C)o2)cc1I. The lowest BCUT2D eigenvalue weighted by Crippen LogP contribution is -2.48. The van der Waals surface area contributed by atoms with E-state index in [2.05, 4.69) is 38.8 Å². The molecule has 0 saturated heterocycles. The second-order valence-electron chi connectivity index (χ2n) is 5.03. The number of hydrogen-bond donors (Lipinski definition) is 3. The van der Waals surface area contributed by atoms with Crippen LogP contribution in [-0.4, -0.2) is 24.0 Å². The molecular formula is C17H16IN3O4S. The molecule has 0 aliphatic rings. The highest BCUT2D eigenvalue weighted by Gasteiger charge is 2.09. The highest BCUT2D eigenvalue weighted by Crippen LogP contribution is 2.21. The third kappa shape index (κ3) is 5.85. The molecule has 0 radical (unpaired) electrons. The van der Waals surface area contributed by atoms with E-state index in [9.17, 15) is 9.59 Å². The van der Waals surface area contributed by atoms with E-state index < -0.39 is 11.8 Å². The fourth-order valence-corrected chi connectivity index (χ4v) is 2.77. The molecule has 0 aliphatic heterocycles. The van der Waals surface area contributed by atoms with E-state index in [1.54, 1.807) is 37.4 Å². The lowest BCUT2D eigenvalue weighted by Gasteiger charge is -2.10. The van der Waals surface area contributed by atoms with Gasteiger partial charge in [-0.2, -0.15) is 0 Å². The van der Waals surface area contributed by atoms with Gasteiger partial charge in [-0.1, -0.05) is 0 Å². The Hall–Kier alpha value is -2.40. The number of hydrazine groups is 1. The van der Waals surface area contributed by atoms with E-state index in [-0.39, 0.29) is 5.11 Å². The summed E-state index contributed by atoms with van der Waals surface area (Å²) in [7, 11) is 1.56. The van der Waals surface area contributed by atoms with Gasteiger partial charge in [-0.25, -0.2) is 0 Å². The Bertz CT molecular complexity index is 863. The summed E-state index contributed by atoms with van der Waals surface area (Å²) >= 11 is 7.03. The molecule has 1 aromatic heterocycles. The van der Waals surface area contributed by atoms with Gasteiger partial charge in [0.1, 0.15) is 17.3 Å². The third-order valence-electron chi connectivity index (χ3n) is 3.10. The highest BCUT2D eigenvalue weighted by atomic mass is 127. The smallest absolute Gasteiger partial charge is 0.269 e. The largest absolute Gasteiger partial charge is 0.496 e. The minimum Gasteiger partial charge on any atom is -0.496 e. The van der Waals surface area contributed by atoms with E-state index in [0.29, 0.717) is 17.1 Å². The Morgan fingerprint density at radius 3 is 2.62 bits per heavy atom. The zero-order valence-corrected chi connectivity index (χ0v) is 16.9. The molecule has 0 atom stereocenters. The van der Waals surface area contributed by atoms with Crippen molar-refractivity contribution in [2.24, 2.45) is 0 Å². The topological polar surface area (TPSA) is 92.6 Å². The number of furan rings is 1. The monoisotopic (exact) mass is 485 g/mol. The zero-order valence-electron chi connectivity index (χ0n) is 14.0. The number of hydrogen-bond acceptors (Lipinski definition) is 5. The van der Waals surface area contributed by atoms with Gasteiger partial charge >= 0.3 is 0 Å². The molecule has 0 spiro atoms. The van der Waals surface area contributed by atoms with Crippen LogP contribution in [0.5, 0.6) is 5.75 Å².